The quantitative estimate of drug-likeness (QED) is 0.574. The largest absolute Gasteiger partial charge is 0.497 e. The maximum atomic E-state index is 12.9. The molecule has 5 rings (SSSR count). The van der Waals surface area contributed by atoms with Crippen molar-refractivity contribution in [3.63, 3.8) is 0 Å². The summed E-state index contributed by atoms with van der Waals surface area (Å²) in [4.78, 5) is 27.0. The smallest absolute Gasteiger partial charge is 0.231 e. The first-order valence-corrected chi connectivity index (χ1v) is 11.0. The molecule has 0 aromatic heterocycles. The van der Waals surface area contributed by atoms with Gasteiger partial charge in [0, 0.05) is 30.4 Å². The fourth-order valence-corrected chi connectivity index (χ4v) is 4.01. The van der Waals surface area contributed by atoms with Gasteiger partial charge < -0.3 is 29.2 Å². The summed E-state index contributed by atoms with van der Waals surface area (Å²) in [5.74, 6) is 2.06. The normalized spacial score (nSPS) is 16.4. The number of benzene rings is 3. The Hall–Kier alpha value is -4.20. The molecule has 2 heterocycles. The number of nitrogens with zero attached hydrogens (tertiary/aromatic N) is 1. The maximum absolute atomic E-state index is 12.9. The van der Waals surface area contributed by atoms with E-state index in [9.17, 15) is 9.59 Å². The van der Waals surface area contributed by atoms with E-state index in [2.05, 4.69) is 5.32 Å². The van der Waals surface area contributed by atoms with Crippen LogP contribution in [0.1, 0.15) is 12.0 Å². The van der Waals surface area contributed by atoms with Gasteiger partial charge in [-0.1, -0.05) is 12.1 Å². The third-order valence-electron chi connectivity index (χ3n) is 5.82. The van der Waals surface area contributed by atoms with E-state index in [0.717, 1.165) is 11.3 Å². The second-order valence-electron chi connectivity index (χ2n) is 8.10. The lowest BCUT2D eigenvalue weighted by molar-refractivity contribution is -0.122. The maximum Gasteiger partial charge on any atom is 0.231 e. The summed E-state index contributed by atoms with van der Waals surface area (Å²) in [6.07, 6.45) is 0.171. The van der Waals surface area contributed by atoms with Crippen molar-refractivity contribution >= 4 is 23.2 Å². The number of hydrogen-bond acceptors (Lipinski definition) is 6. The molecule has 1 atom stereocenters. The molecule has 8 heteroatoms. The number of carbonyl (C=O) groups excluding carboxylic acids is 2. The summed E-state index contributed by atoms with van der Waals surface area (Å²) in [6, 6.07) is 20.1. The van der Waals surface area contributed by atoms with Crippen LogP contribution in [0.4, 0.5) is 11.4 Å². The van der Waals surface area contributed by atoms with Crippen LogP contribution >= 0.6 is 0 Å². The van der Waals surface area contributed by atoms with Gasteiger partial charge in [-0.2, -0.15) is 0 Å². The van der Waals surface area contributed by atoms with Crippen molar-refractivity contribution in [3.05, 3.63) is 72.3 Å². The predicted molar refractivity (Wildman–Crippen MR) is 125 cm³/mol. The Bertz CT molecular complexity index is 1210. The fourth-order valence-electron chi connectivity index (χ4n) is 4.01. The molecule has 3 aromatic carbocycles. The van der Waals surface area contributed by atoms with Crippen molar-refractivity contribution in [2.75, 3.05) is 30.7 Å². The molecule has 0 bridgehead atoms. The minimum Gasteiger partial charge on any atom is -0.497 e. The van der Waals surface area contributed by atoms with E-state index >= 15 is 0 Å². The van der Waals surface area contributed by atoms with Gasteiger partial charge in [-0.3, -0.25) is 9.59 Å². The van der Waals surface area contributed by atoms with Gasteiger partial charge >= 0.3 is 0 Å². The van der Waals surface area contributed by atoms with E-state index in [4.69, 9.17) is 18.9 Å². The van der Waals surface area contributed by atoms with E-state index in [0.29, 0.717) is 41.8 Å². The van der Waals surface area contributed by atoms with E-state index in [1.165, 1.54) is 0 Å². The Morgan fingerprint density at radius 2 is 1.82 bits per heavy atom. The van der Waals surface area contributed by atoms with Gasteiger partial charge in [-0.25, -0.2) is 0 Å². The molecule has 0 spiro atoms. The van der Waals surface area contributed by atoms with Gasteiger partial charge in [0.25, 0.3) is 0 Å². The van der Waals surface area contributed by atoms with Gasteiger partial charge in [0.1, 0.15) is 18.1 Å². The summed E-state index contributed by atoms with van der Waals surface area (Å²) >= 11 is 0. The molecule has 1 unspecified atom stereocenters. The Balaban J connectivity index is 1.18. The van der Waals surface area contributed by atoms with Gasteiger partial charge in [-0.05, 0) is 54.1 Å². The zero-order chi connectivity index (χ0) is 23.5. The summed E-state index contributed by atoms with van der Waals surface area (Å²) in [5, 5.41) is 2.94. The number of nitrogens with one attached hydrogen (secondary N) is 1. The number of carbonyl (C=O) groups is 2. The molecule has 0 saturated carbocycles. The molecule has 174 valence electrons. The van der Waals surface area contributed by atoms with E-state index in [1.807, 2.05) is 48.5 Å². The standard InChI is InChI=1S/C26H24N2O6/c1-31-21-7-5-20(6-8-21)28-14-18(12-25(28)29)26(30)27-19-4-2-3-17(11-19)15-32-22-9-10-23-24(13-22)34-16-33-23/h2-11,13,18H,12,14-16H2,1H3,(H,27,30). The van der Waals surface area contributed by atoms with E-state index in [-0.39, 0.29) is 25.0 Å². The lowest BCUT2D eigenvalue weighted by atomic mass is 10.1. The monoisotopic (exact) mass is 460 g/mol. The zero-order valence-corrected chi connectivity index (χ0v) is 18.7. The first-order valence-electron chi connectivity index (χ1n) is 11.0. The van der Waals surface area contributed by atoms with Crippen LogP contribution in [0.15, 0.2) is 66.7 Å². The summed E-state index contributed by atoms with van der Waals surface area (Å²) in [6.45, 7) is 0.880. The lowest BCUT2D eigenvalue weighted by Gasteiger charge is -2.17. The van der Waals surface area contributed by atoms with Crippen molar-refractivity contribution in [2.45, 2.75) is 13.0 Å². The molecule has 8 nitrogen and oxygen atoms in total. The van der Waals surface area contributed by atoms with Crippen molar-refractivity contribution in [1.82, 2.24) is 0 Å². The van der Waals surface area contributed by atoms with Gasteiger partial charge in [0.15, 0.2) is 11.5 Å². The third kappa shape index (κ3) is 4.61. The molecule has 1 fully saturated rings. The minimum atomic E-state index is -0.428. The minimum absolute atomic E-state index is 0.0730. The average molecular weight is 460 g/mol. The van der Waals surface area contributed by atoms with Gasteiger partial charge in [-0.15, -0.1) is 0 Å². The topological polar surface area (TPSA) is 86.3 Å². The summed E-state index contributed by atoms with van der Waals surface area (Å²) < 4.78 is 21.7. The highest BCUT2D eigenvalue weighted by molar-refractivity contribution is 6.03. The Morgan fingerprint density at radius 3 is 2.65 bits per heavy atom. The average Bonchev–Trinajstić information content (AvgIpc) is 3.49. The van der Waals surface area contributed by atoms with Crippen molar-refractivity contribution in [1.29, 1.82) is 0 Å². The van der Waals surface area contributed by atoms with Crippen LogP contribution in [0.3, 0.4) is 0 Å². The van der Waals surface area contributed by atoms with Crippen LogP contribution in [0.5, 0.6) is 23.0 Å². The van der Waals surface area contributed by atoms with Crippen molar-refractivity contribution < 1.29 is 28.5 Å². The highest BCUT2D eigenvalue weighted by atomic mass is 16.7. The molecule has 2 aliphatic heterocycles. The summed E-state index contributed by atoms with van der Waals surface area (Å²) in [5.41, 5.74) is 2.31. The highest BCUT2D eigenvalue weighted by Gasteiger charge is 2.35. The Kier molecular flexibility index (Phi) is 5.95. The Labute approximate surface area is 197 Å². The van der Waals surface area contributed by atoms with Gasteiger partial charge in [0.05, 0.1) is 13.0 Å². The lowest BCUT2D eigenvalue weighted by Crippen LogP contribution is -2.28. The van der Waals surface area contributed by atoms with Crippen molar-refractivity contribution in [3.8, 4) is 23.0 Å². The second-order valence-corrected chi connectivity index (χ2v) is 8.10. The highest BCUT2D eigenvalue weighted by Crippen LogP contribution is 2.35. The van der Waals surface area contributed by atoms with E-state index < -0.39 is 5.92 Å². The number of rotatable bonds is 7. The van der Waals surface area contributed by atoms with Gasteiger partial charge in [0.2, 0.25) is 18.6 Å². The molecule has 34 heavy (non-hydrogen) atoms. The molecule has 0 aliphatic carbocycles. The molecular weight excluding hydrogens is 436 g/mol. The molecular formula is C26H24N2O6. The second kappa shape index (κ2) is 9.35. The van der Waals surface area contributed by atoms with Crippen molar-refractivity contribution in [2.24, 2.45) is 5.92 Å². The van der Waals surface area contributed by atoms with Crippen LogP contribution in [0.25, 0.3) is 0 Å². The molecule has 0 radical (unpaired) electrons. The van der Waals surface area contributed by atoms with Crippen LogP contribution in [-0.2, 0) is 16.2 Å². The van der Waals surface area contributed by atoms with Crippen LogP contribution in [-0.4, -0.2) is 32.3 Å². The van der Waals surface area contributed by atoms with Crippen LogP contribution in [0, 0.1) is 5.92 Å². The third-order valence-corrected chi connectivity index (χ3v) is 5.82. The summed E-state index contributed by atoms with van der Waals surface area (Å²) in [7, 11) is 1.59. The van der Waals surface area contributed by atoms with Crippen LogP contribution < -0.4 is 29.2 Å². The number of fused-ring (bicyclic) bond motifs is 1. The molecule has 1 N–H and O–H groups in total. The predicted octanol–water partition coefficient (Wildman–Crippen LogP) is 3.99. The molecule has 3 aromatic rings. The molecule has 1 saturated heterocycles. The number of hydrogen-bond donors (Lipinski definition) is 1. The number of methoxy groups -OCH3 is 1. The van der Waals surface area contributed by atoms with Crippen LogP contribution in [0.2, 0.25) is 0 Å². The first kappa shape index (κ1) is 21.6. The number of ether oxygens (including phenoxy) is 4. The first-order chi connectivity index (χ1) is 16.6. The molecule has 2 amide bonds. The zero-order valence-electron chi connectivity index (χ0n) is 18.7. The Morgan fingerprint density at radius 1 is 1.03 bits per heavy atom. The van der Waals surface area contributed by atoms with E-state index in [1.54, 1.807) is 30.2 Å². The SMILES string of the molecule is COc1ccc(N2CC(C(=O)Nc3cccc(COc4ccc5c(c4)OCO5)c3)CC2=O)cc1. The fraction of sp³-hybridized carbons (Fsp3) is 0.231. The number of amides is 2. The molecule has 2 aliphatic rings. The number of anilines is 2.